The predicted octanol–water partition coefficient (Wildman–Crippen LogP) is 2.63. The molecular weight excluding hydrogens is 260 g/mol. The van der Waals surface area contributed by atoms with E-state index in [1.807, 2.05) is 18.2 Å². The maximum Gasteiger partial charge on any atom is 0.161 e. The fourth-order valence-corrected chi connectivity index (χ4v) is 3.05. The number of nitrogens with two attached hydrogens (primary N) is 1. The first-order valence-electron chi connectivity index (χ1n) is 5.93. The smallest absolute Gasteiger partial charge is 0.161 e. The maximum atomic E-state index is 5.71. The molecular formula is C14H18N2O2S. The first kappa shape index (κ1) is 13.9. The number of rotatable bonds is 5. The van der Waals surface area contributed by atoms with Crippen molar-refractivity contribution in [3.05, 3.63) is 45.6 Å². The lowest BCUT2D eigenvalue weighted by Gasteiger charge is -2.18. The summed E-state index contributed by atoms with van der Waals surface area (Å²) >= 11 is 1.69. The Kier molecular flexibility index (Phi) is 4.42. The molecule has 102 valence electrons. The van der Waals surface area contributed by atoms with Crippen molar-refractivity contribution < 1.29 is 9.47 Å². The van der Waals surface area contributed by atoms with Crippen LogP contribution in [0, 0.1) is 6.92 Å². The Morgan fingerprint density at radius 3 is 2.42 bits per heavy atom. The second-order valence-corrected chi connectivity index (χ2v) is 5.13. The van der Waals surface area contributed by atoms with Gasteiger partial charge < -0.3 is 9.47 Å². The van der Waals surface area contributed by atoms with Crippen LogP contribution in [-0.4, -0.2) is 14.2 Å². The molecule has 0 aliphatic heterocycles. The Labute approximate surface area is 117 Å². The molecule has 0 fully saturated rings. The Morgan fingerprint density at radius 1 is 1.16 bits per heavy atom. The normalized spacial score (nSPS) is 12.2. The van der Waals surface area contributed by atoms with E-state index >= 15 is 0 Å². The van der Waals surface area contributed by atoms with Gasteiger partial charge in [-0.1, -0.05) is 6.07 Å². The van der Waals surface area contributed by atoms with Crippen LogP contribution in [0.5, 0.6) is 11.5 Å². The Hall–Kier alpha value is -1.56. The van der Waals surface area contributed by atoms with Crippen molar-refractivity contribution in [2.24, 2.45) is 5.84 Å². The third-order valence-electron chi connectivity index (χ3n) is 3.07. The van der Waals surface area contributed by atoms with Crippen LogP contribution in [0.1, 0.15) is 22.0 Å². The van der Waals surface area contributed by atoms with Crippen molar-refractivity contribution in [3.63, 3.8) is 0 Å². The standard InChI is InChI=1S/C14H18N2O2S/c1-9-6-7-19-14(9)13(16-15)10-4-5-11(17-2)12(8-10)18-3/h4-8,13,16H,15H2,1-3H3. The zero-order chi connectivity index (χ0) is 13.8. The zero-order valence-electron chi connectivity index (χ0n) is 11.3. The molecule has 3 N–H and O–H groups in total. The lowest BCUT2D eigenvalue weighted by Crippen LogP contribution is -2.28. The zero-order valence-corrected chi connectivity index (χ0v) is 12.1. The molecule has 0 spiro atoms. The molecule has 1 heterocycles. The summed E-state index contributed by atoms with van der Waals surface area (Å²) in [7, 11) is 3.25. The number of hydrazine groups is 1. The van der Waals surface area contributed by atoms with E-state index in [-0.39, 0.29) is 6.04 Å². The van der Waals surface area contributed by atoms with Gasteiger partial charge in [0.1, 0.15) is 0 Å². The van der Waals surface area contributed by atoms with Crippen LogP contribution in [0.15, 0.2) is 29.6 Å². The third kappa shape index (κ3) is 2.73. The number of benzene rings is 1. The number of thiophene rings is 1. The van der Waals surface area contributed by atoms with E-state index in [0.717, 1.165) is 5.56 Å². The van der Waals surface area contributed by atoms with Gasteiger partial charge in [0.05, 0.1) is 20.3 Å². The molecule has 0 saturated heterocycles. The average molecular weight is 278 g/mol. The number of hydrogen-bond donors (Lipinski definition) is 2. The average Bonchev–Trinajstić information content (AvgIpc) is 2.86. The molecule has 0 amide bonds. The SMILES string of the molecule is COc1ccc(C(NN)c2sccc2C)cc1OC. The quantitative estimate of drug-likeness (QED) is 0.652. The largest absolute Gasteiger partial charge is 0.493 e. The van der Waals surface area contributed by atoms with Gasteiger partial charge in [0.25, 0.3) is 0 Å². The minimum atomic E-state index is -0.0418. The second-order valence-electron chi connectivity index (χ2n) is 4.18. The van der Waals surface area contributed by atoms with Crippen LogP contribution in [0.3, 0.4) is 0 Å². The van der Waals surface area contributed by atoms with Gasteiger partial charge in [0, 0.05) is 4.88 Å². The highest BCUT2D eigenvalue weighted by atomic mass is 32.1. The van der Waals surface area contributed by atoms with Crippen molar-refractivity contribution in [1.82, 2.24) is 5.43 Å². The number of hydrogen-bond acceptors (Lipinski definition) is 5. The fourth-order valence-electron chi connectivity index (χ4n) is 2.04. The summed E-state index contributed by atoms with van der Waals surface area (Å²) in [6.07, 6.45) is 0. The van der Waals surface area contributed by atoms with Crippen molar-refractivity contribution in [3.8, 4) is 11.5 Å². The summed E-state index contributed by atoms with van der Waals surface area (Å²) in [6, 6.07) is 7.87. The van der Waals surface area contributed by atoms with E-state index in [9.17, 15) is 0 Å². The maximum absolute atomic E-state index is 5.71. The van der Waals surface area contributed by atoms with Crippen LogP contribution in [-0.2, 0) is 0 Å². The van der Waals surface area contributed by atoms with Gasteiger partial charge in [-0.3, -0.25) is 5.84 Å². The van der Waals surface area contributed by atoms with Gasteiger partial charge in [0.2, 0.25) is 0 Å². The van der Waals surface area contributed by atoms with Crippen LogP contribution in [0.2, 0.25) is 0 Å². The van der Waals surface area contributed by atoms with Crippen molar-refractivity contribution >= 4 is 11.3 Å². The van der Waals surface area contributed by atoms with Gasteiger partial charge in [-0.25, -0.2) is 5.43 Å². The van der Waals surface area contributed by atoms with Gasteiger partial charge in [-0.2, -0.15) is 0 Å². The van der Waals surface area contributed by atoms with E-state index in [2.05, 4.69) is 23.8 Å². The summed E-state index contributed by atoms with van der Waals surface area (Å²) in [4.78, 5) is 1.20. The van der Waals surface area contributed by atoms with Crippen molar-refractivity contribution in [2.45, 2.75) is 13.0 Å². The molecule has 2 rings (SSSR count). The molecule has 5 heteroatoms. The van der Waals surface area contributed by atoms with E-state index in [1.54, 1.807) is 25.6 Å². The number of aryl methyl sites for hydroxylation is 1. The topological polar surface area (TPSA) is 56.5 Å². The molecule has 1 atom stereocenters. The van der Waals surface area contributed by atoms with E-state index in [0.29, 0.717) is 11.5 Å². The first-order chi connectivity index (χ1) is 9.21. The van der Waals surface area contributed by atoms with Crippen molar-refractivity contribution in [1.29, 1.82) is 0 Å². The predicted molar refractivity (Wildman–Crippen MR) is 77.8 cm³/mol. The number of methoxy groups -OCH3 is 2. The highest BCUT2D eigenvalue weighted by Gasteiger charge is 2.17. The molecule has 0 saturated carbocycles. The monoisotopic (exact) mass is 278 g/mol. The first-order valence-corrected chi connectivity index (χ1v) is 6.81. The minimum absolute atomic E-state index is 0.0418. The van der Waals surface area contributed by atoms with E-state index < -0.39 is 0 Å². The van der Waals surface area contributed by atoms with Crippen LogP contribution >= 0.6 is 11.3 Å². The van der Waals surface area contributed by atoms with E-state index in [4.69, 9.17) is 15.3 Å². The van der Waals surface area contributed by atoms with Crippen molar-refractivity contribution in [2.75, 3.05) is 14.2 Å². The summed E-state index contributed by atoms with van der Waals surface area (Å²) in [5, 5.41) is 2.07. The fraction of sp³-hybridized carbons (Fsp3) is 0.286. The summed E-state index contributed by atoms with van der Waals surface area (Å²) in [5.74, 6) is 7.13. The molecule has 19 heavy (non-hydrogen) atoms. The molecule has 1 unspecified atom stereocenters. The lowest BCUT2D eigenvalue weighted by molar-refractivity contribution is 0.354. The molecule has 4 nitrogen and oxygen atoms in total. The highest BCUT2D eigenvalue weighted by molar-refractivity contribution is 7.10. The minimum Gasteiger partial charge on any atom is -0.493 e. The lowest BCUT2D eigenvalue weighted by atomic mass is 10.0. The van der Waals surface area contributed by atoms with Gasteiger partial charge in [0.15, 0.2) is 11.5 Å². The summed E-state index contributed by atoms with van der Waals surface area (Å²) in [6.45, 7) is 2.08. The molecule has 0 aliphatic rings. The Morgan fingerprint density at radius 2 is 1.89 bits per heavy atom. The summed E-state index contributed by atoms with van der Waals surface area (Å²) < 4.78 is 10.6. The molecule has 2 aromatic rings. The number of nitrogens with one attached hydrogen (secondary N) is 1. The molecule has 0 radical (unpaired) electrons. The number of ether oxygens (including phenoxy) is 2. The molecule has 0 aliphatic carbocycles. The van der Waals surface area contributed by atoms with Gasteiger partial charge in [-0.15, -0.1) is 11.3 Å². The second kappa shape index (κ2) is 6.06. The highest BCUT2D eigenvalue weighted by Crippen LogP contribution is 2.34. The van der Waals surface area contributed by atoms with E-state index in [1.165, 1.54) is 10.4 Å². The van der Waals surface area contributed by atoms with Gasteiger partial charge in [-0.05, 0) is 41.6 Å². The molecule has 0 bridgehead atoms. The van der Waals surface area contributed by atoms with Crippen LogP contribution < -0.4 is 20.7 Å². The summed E-state index contributed by atoms with van der Waals surface area (Å²) in [5.41, 5.74) is 5.14. The Balaban J connectivity index is 2.42. The third-order valence-corrected chi connectivity index (χ3v) is 4.16. The molecule has 1 aromatic heterocycles. The Bertz CT molecular complexity index is 554. The van der Waals surface area contributed by atoms with Crippen LogP contribution in [0.4, 0.5) is 0 Å². The van der Waals surface area contributed by atoms with Gasteiger partial charge >= 0.3 is 0 Å². The molecule has 1 aromatic carbocycles. The van der Waals surface area contributed by atoms with Crippen LogP contribution in [0.25, 0.3) is 0 Å².